The second-order valence-corrected chi connectivity index (χ2v) is 7.09. The molecule has 0 saturated carbocycles. The lowest BCUT2D eigenvalue weighted by atomic mass is 10.2. The van der Waals surface area contributed by atoms with Crippen molar-refractivity contribution in [2.45, 2.75) is 26.9 Å². The molecule has 0 saturated heterocycles. The van der Waals surface area contributed by atoms with Crippen LogP contribution in [0.25, 0.3) is 16.4 Å². The summed E-state index contributed by atoms with van der Waals surface area (Å²) in [6.07, 6.45) is 0. The Kier molecular flexibility index (Phi) is 5.62. The summed E-state index contributed by atoms with van der Waals surface area (Å²) in [5.41, 5.74) is 1.81. The van der Waals surface area contributed by atoms with E-state index >= 15 is 0 Å². The number of carbonyl (C=O) groups excluding carboxylic acids is 1. The number of carbonyl (C=O) groups is 1. The van der Waals surface area contributed by atoms with E-state index in [1.165, 1.54) is 4.68 Å². The first-order valence-electron chi connectivity index (χ1n) is 10.1. The number of para-hydroxylation sites is 1. The third-order valence-electron chi connectivity index (χ3n) is 5.11. The Morgan fingerprint density at radius 2 is 1.87 bits per heavy atom. The van der Waals surface area contributed by atoms with Crippen LogP contribution in [0.15, 0.2) is 53.3 Å². The predicted molar refractivity (Wildman–Crippen MR) is 118 cm³/mol. The van der Waals surface area contributed by atoms with Gasteiger partial charge in [0.05, 0.1) is 19.2 Å². The van der Waals surface area contributed by atoms with Crippen LogP contribution in [0.1, 0.15) is 18.3 Å². The number of fused-ring (bicyclic) bond motifs is 3. The first-order valence-corrected chi connectivity index (χ1v) is 10.1. The molecular weight excluding hydrogens is 396 g/mol. The van der Waals surface area contributed by atoms with Crippen molar-refractivity contribution >= 4 is 22.3 Å². The number of hydrogen-bond donors (Lipinski definition) is 1. The predicted octanol–water partition coefficient (Wildman–Crippen LogP) is 2.68. The molecule has 8 nitrogen and oxygen atoms in total. The molecule has 31 heavy (non-hydrogen) atoms. The lowest BCUT2D eigenvalue weighted by Gasteiger charge is -2.12. The highest BCUT2D eigenvalue weighted by atomic mass is 16.5. The van der Waals surface area contributed by atoms with Gasteiger partial charge in [-0.05, 0) is 38.1 Å². The van der Waals surface area contributed by atoms with Crippen molar-refractivity contribution in [1.29, 1.82) is 0 Å². The van der Waals surface area contributed by atoms with E-state index in [1.54, 1.807) is 24.5 Å². The number of benzene rings is 2. The fraction of sp³-hybridized carbons (Fsp3) is 0.261. The zero-order valence-corrected chi connectivity index (χ0v) is 17.7. The first kappa shape index (κ1) is 20.5. The standard InChI is InChI=1S/C23H24N4O4/c1-4-31-20-10-6-5-8-16(20)13-24-22(28)14-26-23(29)19-12-17-18(27(19)15(2)25-26)9-7-11-21(17)30-3/h5-12H,4,13-14H2,1-3H3,(H,24,28). The minimum absolute atomic E-state index is 0.175. The van der Waals surface area contributed by atoms with Gasteiger partial charge in [0, 0.05) is 17.5 Å². The van der Waals surface area contributed by atoms with Gasteiger partial charge in [-0.2, -0.15) is 5.10 Å². The van der Waals surface area contributed by atoms with E-state index in [1.807, 2.05) is 49.4 Å². The Morgan fingerprint density at radius 1 is 1.10 bits per heavy atom. The number of hydrogen-bond acceptors (Lipinski definition) is 5. The van der Waals surface area contributed by atoms with Gasteiger partial charge >= 0.3 is 0 Å². The second-order valence-electron chi connectivity index (χ2n) is 7.09. The maximum Gasteiger partial charge on any atom is 0.291 e. The highest BCUT2D eigenvalue weighted by Gasteiger charge is 2.16. The Hall–Kier alpha value is -3.81. The number of ether oxygens (including phenoxy) is 2. The highest BCUT2D eigenvalue weighted by Crippen LogP contribution is 2.28. The Labute approximate surface area is 179 Å². The number of nitrogens with zero attached hydrogens (tertiary/aromatic N) is 3. The smallest absolute Gasteiger partial charge is 0.291 e. The van der Waals surface area contributed by atoms with Gasteiger partial charge in [-0.3, -0.25) is 14.0 Å². The zero-order valence-electron chi connectivity index (χ0n) is 17.7. The summed E-state index contributed by atoms with van der Waals surface area (Å²) in [7, 11) is 1.59. The van der Waals surface area contributed by atoms with Gasteiger partial charge in [0.25, 0.3) is 5.56 Å². The molecule has 1 N–H and O–H groups in total. The van der Waals surface area contributed by atoms with Gasteiger partial charge in [-0.25, -0.2) is 4.68 Å². The number of aromatic nitrogens is 3. The maximum absolute atomic E-state index is 13.0. The molecule has 0 atom stereocenters. The number of amides is 1. The molecule has 0 aliphatic rings. The summed E-state index contributed by atoms with van der Waals surface area (Å²) in [5.74, 6) is 1.70. The summed E-state index contributed by atoms with van der Waals surface area (Å²) in [5, 5.41) is 8.02. The minimum atomic E-state index is -0.339. The summed E-state index contributed by atoms with van der Waals surface area (Å²) >= 11 is 0. The number of rotatable bonds is 7. The van der Waals surface area contributed by atoms with Gasteiger partial charge < -0.3 is 14.8 Å². The normalized spacial score (nSPS) is 11.1. The summed E-state index contributed by atoms with van der Waals surface area (Å²) in [6.45, 7) is 4.38. The lowest BCUT2D eigenvalue weighted by Crippen LogP contribution is -2.34. The molecule has 0 aliphatic heterocycles. The molecule has 2 heterocycles. The van der Waals surface area contributed by atoms with E-state index in [0.717, 1.165) is 22.2 Å². The molecule has 0 aliphatic carbocycles. The van der Waals surface area contributed by atoms with Gasteiger partial charge in [0.2, 0.25) is 5.91 Å². The number of nitrogens with one attached hydrogen (secondary N) is 1. The van der Waals surface area contributed by atoms with Crippen molar-refractivity contribution in [3.63, 3.8) is 0 Å². The van der Waals surface area contributed by atoms with Crippen LogP contribution in [0.4, 0.5) is 0 Å². The van der Waals surface area contributed by atoms with E-state index in [0.29, 0.717) is 30.2 Å². The molecule has 0 unspecified atom stereocenters. The molecule has 0 radical (unpaired) electrons. The van der Waals surface area contributed by atoms with Crippen molar-refractivity contribution in [2.24, 2.45) is 0 Å². The second kappa shape index (κ2) is 8.51. The first-order chi connectivity index (χ1) is 15.0. The Bertz CT molecular complexity index is 1320. The molecule has 0 bridgehead atoms. The molecule has 1 amide bonds. The monoisotopic (exact) mass is 420 g/mol. The van der Waals surface area contributed by atoms with Crippen LogP contribution in [-0.4, -0.2) is 33.8 Å². The molecule has 0 spiro atoms. The van der Waals surface area contributed by atoms with E-state index < -0.39 is 0 Å². The Morgan fingerprint density at radius 3 is 2.65 bits per heavy atom. The summed E-state index contributed by atoms with van der Waals surface area (Å²) < 4.78 is 14.0. The summed E-state index contributed by atoms with van der Waals surface area (Å²) in [4.78, 5) is 25.6. The van der Waals surface area contributed by atoms with Crippen molar-refractivity contribution in [2.75, 3.05) is 13.7 Å². The highest BCUT2D eigenvalue weighted by molar-refractivity contribution is 5.92. The molecule has 2 aromatic heterocycles. The lowest BCUT2D eigenvalue weighted by molar-refractivity contribution is -0.122. The average Bonchev–Trinajstić information content (AvgIpc) is 3.17. The number of methoxy groups -OCH3 is 1. The largest absolute Gasteiger partial charge is 0.496 e. The van der Waals surface area contributed by atoms with Crippen molar-refractivity contribution < 1.29 is 14.3 Å². The van der Waals surface area contributed by atoms with Crippen molar-refractivity contribution in [3.05, 3.63) is 70.3 Å². The molecule has 160 valence electrons. The topological polar surface area (TPSA) is 86.9 Å². The van der Waals surface area contributed by atoms with Gasteiger partial charge in [0.1, 0.15) is 29.4 Å². The molecular formula is C23H24N4O4. The molecule has 0 fully saturated rings. The fourth-order valence-electron chi connectivity index (χ4n) is 3.72. The van der Waals surface area contributed by atoms with E-state index in [-0.39, 0.29) is 18.0 Å². The van der Waals surface area contributed by atoms with Crippen LogP contribution in [0, 0.1) is 6.92 Å². The van der Waals surface area contributed by atoms with Crippen molar-refractivity contribution in [1.82, 2.24) is 19.5 Å². The van der Waals surface area contributed by atoms with Crippen LogP contribution in [-0.2, 0) is 17.9 Å². The zero-order chi connectivity index (χ0) is 22.0. The molecule has 2 aromatic carbocycles. The van der Waals surface area contributed by atoms with Gasteiger partial charge in [0.15, 0.2) is 0 Å². The van der Waals surface area contributed by atoms with Crippen LogP contribution >= 0.6 is 0 Å². The van der Waals surface area contributed by atoms with E-state index in [9.17, 15) is 9.59 Å². The van der Waals surface area contributed by atoms with Crippen LogP contribution in [0.2, 0.25) is 0 Å². The van der Waals surface area contributed by atoms with Crippen LogP contribution < -0.4 is 20.3 Å². The Balaban J connectivity index is 1.60. The molecule has 4 aromatic rings. The van der Waals surface area contributed by atoms with Gasteiger partial charge in [-0.15, -0.1) is 0 Å². The quantitative estimate of drug-likeness (QED) is 0.497. The minimum Gasteiger partial charge on any atom is -0.496 e. The third kappa shape index (κ3) is 3.84. The van der Waals surface area contributed by atoms with E-state index in [2.05, 4.69) is 10.4 Å². The van der Waals surface area contributed by atoms with Gasteiger partial charge in [-0.1, -0.05) is 24.3 Å². The van der Waals surface area contributed by atoms with Crippen molar-refractivity contribution in [3.8, 4) is 11.5 Å². The molecule has 8 heteroatoms. The SMILES string of the molecule is CCOc1ccccc1CNC(=O)Cn1nc(C)n2c(cc3c(OC)cccc32)c1=O. The fourth-order valence-corrected chi connectivity index (χ4v) is 3.72. The average molecular weight is 420 g/mol. The summed E-state index contributed by atoms with van der Waals surface area (Å²) in [6, 6.07) is 14.9. The van der Waals surface area contributed by atoms with Crippen LogP contribution in [0.3, 0.4) is 0 Å². The van der Waals surface area contributed by atoms with Crippen LogP contribution in [0.5, 0.6) is 11.5 Å². The molecule has 4 rings (SSSR count). The van der Waals surface area contributed by atoms with E-state index in [4.69, 9.17) is 9.47 Å². The number of aryl methyl sites for hydroxylation is 1. The third-order valence-corrected chi connectivity index (χ3v) is 5.11. The maximum atomic E-state index is 13.0.